The first-order valence-electron chi connectivity index (χ1n) is 10.5. The molecule has 0 spiro atoms. The van der Waals surface area contributed by atoms with Gasteiger partial charge in [0.25, 0.3) is 5.91 Å². The van der Waals surface area contributed by atoms with Gasteiger partial charge in [-0.15, -0.1) is 0 Å². The molecular formula is C24H28FN5O. The highest BCUT2D eigenvalue weighted by atomic mass is 19.1. The SMILES string of the molecule is Cc1cc(C(=O)Nc2ccc(N3CCC(N(C)C)C3)cn2)c(C)n1-c1ccc(F)cc1. The number of anilines is 2. The fraction of sp³-hybridized carbons (Fsp3) is 0.333. The maximum Gasteiger partial charge on any atom is 0.258 e. The highest BCUT2D eigenvalue weighted by Gasteiger charge is 2.24. The number of aryl methyl sites for hydroxylation is 1. The summed E-state index contributed by atoms with van der Waals surface area (Å²) >= 11 is 0. The van der Waals surface area contributed by atoms with Gasteiger partial charge in [0.05, 0.1) is 17.4 Å². The molecule has 1 aromatic carbocycles. The number of nitrogens with one attached hydrogen (secondary N) is 1. The van der Waals surface area contributed by atoms with Crippen LogP contribution in [0.25, 0.3) is 5.69 Å². The molecule has 1 fully saturated rings. The third-order valence-electron chi connectivity index (χ3n) is 6.01. The van der Waals surface area contributed by atoms with Crippen LogP contribution in [0.1, 0.15) is 28.2 Å². The standard InChI is InChI=1S/C24H28FN5O/c1-16-13-22(17(2)30(16)19-7-5-18(25)6-8-19)24(31)27-23-10-9-20(14-26-23)29-12-11-21(15-29)28(3)4/h5-10,13-14,21H,11-12,15H2,1-4H3,(H,26,27,31). The zero-order valence-corrected chi connectivity index (χ0v) is 18.4. The highest BCUT2D eigenvalue weighted by molar-refractivity contribution is 6.05. The number of carbonyl (C=O) groups is 1. The van der Waals surface area contributed by atoms with Crippen LogP contribution in [0.5, 0.6) is 0 Å². The van der Waals surface area contributed by atoms with Crippen LogP contribution in [0.4, 0.5) is 15.9 Å². The summed E-state index contributed by atoms with van der Waals surface area (Å²) in [6.07, 6.45) is 2.95. The van der Waals surface area contributed by atoms with Gasteiger partial charge in [-0.25, -0.2) is 9.37 Å². The summed E-state index contributed by atoms with van der Waals surface area (Å²) in [6.45, 7) is 5.80. The molecule has 1 unspecified atom stereocenters. The minimum absolute atomic E-state index is 0.212. The van der Waals surface area contributed by atoms with Gasteiger partial charge in [0.2, 0.25) is 0 Å². The molecule has 1 amide bonds. The van der Waals surface area contributed by atoms with Crippen molar-refractivity contribution in [2.24, 2.45) is 0 Å². The molecule has 0 saturated carbocycles. The molecule has 7 heteroatoms. The Labute approximate surface area is 182 Å². The van der Waals surface area contributed by atoms with Crippen LogP contribution in [0, 0.1) is 19.7 Å². The molecule has 3 heterocycles. The average Bonchev–Trinajstić information content (AvgIpc) is 3.35. The van der Waals surface area contributed by atoms with Gasteiger partial charge in [-0.3, -0.25) is 4.79 Å². The van der Waals surface area contributed by atoms with E-state index >= 15 is 0 Å². The monoisotopic (exact) mass is 421 g/mol. The predicted molar refractivity (Wildman–Crippen MR) is 122 cm³/mol. The summed E-state index contributed by atoms with van der Waals surface area (Å²) in [5.74, 6) is 0.0177. The Balaban J connectivity index is 1.48. The van der Waals surface area contributed by atoms with E-state index in [4.69, 9.17) is 0 Å². The maximum atomic E-state index is 13.3. The van der Waals surface area contributed by atoms with Crippen molar-refractivity contribution in [2.75, 3.05) is 37.4 Å². The van der Waals surface area contributed by atoms with E-state index in [1.54, 1.807) is 12.1 Å². The molecular weight excluding hydrogens is 393 g/mol. The van der Waals surface area contributed by atoms with Crippen molar-refractivity contribution in [3.63, 3.8) is 0 Å². The molecule has 6 nitrogen and oxygen atoms in total. The van der Waals surface area contributed by atoms with E-state index in [0.717, 1.165) is 42.3 Å². The van der Waals surface area contributed by atoms with Gasteiger partial charge in [0.15, 0.2) is 0 Å². The van der Waals surface area contributed by atoms with E-state index in [1.165, 1.54) is 12.1 Å². The zero-order valence-electron chi connectivity index (χ0n) is 18.4. The van der Waals surface area contributed by atoms with Crippen molar-refractivity contribution < 1.29 is 9.18 Å². The molecule has 0 bridgehead atoms. The second-order valence-corrected chi connectivity index (χ2v) is 8.30. The maximum absolute atomic E-state index is 13.3. The second kappa shape index (κ2) is 8.51. The van der Waals surface area contributed by atoms with E-state index < -0.39 is 0 Å². The molecule has 1 N–H and O–H groups in total. The fourth-order valence-corrected chi connectivity index (χ4v) is 4.21. The summed E-state index contributed by atoms with van der Waals surface area (Å²) in [5.41, 5.74) is 4.16. The first-order valence-corrected chi connectivity index (χ1v) is 10.5. The number of hydrogen-bond donors (Lipinski definition) is 1. The van der Waals surface area contributed by atoms with Crippen LogP contribution in [-0.2, 0) is 0 Å². The zero-order chi connectivity index (χ0) is 22.1. The van der Waals surface area contributed by atoms with Crippen molar-refractivity contribution in [3.8, 4) is 5.69 Å². The van der Waals surface area contributed by atoms with E-state index in [0.29, 0.717) is 17.4 Å². The summed E-state index contributed by atoms with van der Waals surface area (Å²) in [4.78, 5) is 21.9. The topological polar surface area (TPSA) is 53.4 Å². The Kier molecular flexibility index (Phi) is 5.78. The number of halogens is 1. The molecule has 1 aliphatic heterocycles. The van der Waals surface area contributed by atoms with Crippen molar-refractivity contribution >= 4 is 17.4 Å². The number of likely N-dealkylation sites (N-methyl/N-ethyl adjacent to an activating group) is 1. The summed E-state index contributed by atoms with van der Waals surface area (Å²) in [7, 11) is 4.22. The van der Waals surface area contributed by atoms with Crippen molar-refractivity contribution in [3.05, 3.63) is 71.4 Å². The van der Waals surface area contributed by atoms with E-state index in [1.807, 2.05) is 42.8 Å². The van der Waals surface area contributed by atoms with E-state index in [9.17, 15) is 9.18 Å². The predicted octanol–water partition coefficient (Wildman–Crippen LogP) is 4.02. The quantitative estimate of drug-likeness (QED) is 0.676. The second-order valence-electron chi connectivity index (χ2n) is 8.30. The number of nitrogens with zero attached hydrogens (tertiary/aromatic N) is 4. The Morgan fingerprint density at radius 2 is 1.84 bits per heavy atom. The average molecular weight is 422 g/mol. The van der Waals surface area contributed by atoms with Crippen LogP contribution >= 0.6 is 0 Å². The lowest BCUT2D eigenvalue weighted by atomic mass is 10.2. The van der Waals surface area contributed by atoms with Gasteiger partial charge < -0.3 is 19.7 Å². The summed E-state index contributed by atoms with van der Waals surface area (Å²) in [5, 5.41) is 2.89. The lowest BCUT2D eigenvalue weighted by Gasteiger charge is -2.21. The Morgan fingerprint density at radius 3 is 2.45 bits per heavy atom. The van der Waals surface area contributed by atoms with Crippen LogP contribution in [0.2, 0.25) is 0 Å². The third-order valence-corrected chi connectivity index (χ3v) is 6.01. The van der Waals surface area contributed by atoms with Gasteiger partial charge in [0.1, 0.15) is 11.6 Å². The van der Waals surface area contributed by atoms with Gasteiger partial charge in [-0.1, -0.05) is 0 Å². The normalized spacial score (nSPS) is 16.2. The molecule has 1 saturated heterocycles. The smallest absolute Gasteiger partial charge is 0.258 e. The number of hydrogen-bond acceptors (Lipinski definition) is 4. The van der Waals surface area contributed by atoms with E-state index in [2.05, 4.69) is 34.2 Å². The van der Waals surface area contributed by atoms with Crippen LogP contribution in [-0.4, -0.2) is 53.6 Å². The molecule has 2 aromatic heterocycles. The molecule has 4 rings (SSSR count). The lowest BCUT2D eigenvalue weighted by molar-refractivity contribution is 0.102. The van der Waals surface area contributed by atoms with Crippen molar-refractivity contribution in [2.45, 2.75) is 26.3 Å². The van der Waals surface area contributed by atoms with Crippen LogP contribution in [0.3, 0.4) is 0 Å². The number of benzene rings is 1. The lowest BCUT2D eigenvalue weighted by Crippen LogP contribution is -2.31. The number of rotatable bonds is 5. The minimum atomic E-state index is -0.287. The summed E-state index contributed by atoms with van der Waals surface area (Å²) < 4.78 is 15.2. The molecule has 162 valence electrons. The van der Waals surface area contributed by atoms with Crippen molar-refractivity contribution in [1.29, 1.82) is 0 Å². The first-order chi connectivity index (χ1) is 14.8. The van der Waals surface area contributed by atoms with Gasteiger partial charge in [0, 0.05) is 36.2 Å². The number of amides is 1. The minimum Gasteiger partial charge on any atom is -0.369 e. The fourth-order valence-electron chi connectivity index (χ4n) is 4.21. The van der Waals surface area contributed by atoms with Crippen LogP contribution in [0.15, 0.2) is 48.7 Å². The Morgan fingerprint density at radius 1 is 1.13 bits per heavy atom. The van der Waals surface area contributed by atoms with Crippen LogP contribution < -0.4 is 10.2 Å². The van der Waals surface area contributed by atoms with Gasteiger partial charge >= 0.3 is 0 Å². The molecule has 0 aliphatic carbocycles. The highest BCUT2D eigenvalue weighted by Crippen LogP contribution is 2.24. The number of aromatic nitrogens is 2. The Hall–Kier alpha value is -3.19. The van der Waals surface area contributed by atoms with Gasteiger partial charge in [-0.2, -0.15) is 0 Å². The Bertz CT molecular complexity index is 1070. The van der Waals surface area contributed by atoms with E-state index in [-0.39, 0.29) is 11.7 Å². The molecule has 1 atom stereocenters. The van der Waals surface area contributed by atoms with Crippen molar-refractivity contribution in [1.82, 2.24) is 14.5 Å². The first kappa shape index (κ1) is 21.1. The summed E-state index contributed by atoms with van der Waals surface area (Å²) in [6, 6.07) is 12.5. The van der Waals surface area contributed by atoms with Gasteiger partial charge in [-0.05, 0) is 76.8 Å². The third kappa shape index (κ3) is 4.32. The molecule has 31 heavy (non-hydrogen) atoms. The largest absolute Gasteiger partial charge is 0.369 e. The number of carbonyl (C=O) groups excluding carboxylic acids is 1. The number of pyridine rings is 1. The molecule has 3 aromatic rings. The molecule has 0 radical (unpaired) electrons. The molecule has 1 aliphatic rings.